The average Bonchev–Trinajstić information content (AvgIpc) is 3.08. The Morgan fingerprint density at radius 3 is 2.80 bits per heavy atom. The lowest BCUT2D eigenvalue weighted by molar-refractivity contribution is 0.0694. The highest BCUT2D eigenvalue weighted by atomic mass is 19.1. The van der Waals surface area contributed by atoms with Crippen molar-refractivity contribution in [3.05, 3.63) is 33.9 Å². The van der Waals surface area contributed by atoms with E-state index >= 15 is 4.39 Å². The van der Waals surface area contributed by atoms with Crippen LogP contribution in [0.5, 0.6) is 5.75 Å². The number of rotatable bonds is 2. The molecule has 1 aromatic heterocycles. The third-order valence-electron chi connectivity index (χ3n) is 6.79. The first-order valence-electron chi connectivity index (χ1n) is 10.2. The van der Waals surface area contributed by atoms with E-state index in [-0.39, 0.29) is 35.9 Å². The number of nitrogens with two attached hydrogens (primary N) is 1. The van der Waals surface area contributed by atoms with E-state index < -0.39 is 35.1 Å². The summed E-state index contributed by atoms with van der Waals surface area (Å²) in [5, 5.41) is 9.69. The number of benzene rings is 1. The fraction of sp³-hybridized carbons (Fsp3) is 0.524. The molecule has 1 saturated carbocycles. The molecule has 3 heterocycles. The van der Waals surface area contributed by atoms with Crippen LogP contribution in [0.4, 0.5) is 14.5 Å². The van der Waals surface area contributed by atoms with Crippen LogP contribution in [0.25, 0.3) is 10.9 Å². The number of anilines is 1. The van der Waals surface area contributed by atoms with E-state index in [9.17, 15) is 19.1 Å². The zero-order valence-electron chi connectivity index (χ0n) is 16.5. The summed E-state index contributed by atoms with van der Waals surface area (Å²) in [5.74, 6) is -1.57. The fourth-order valence-corrected chi connectivity index (χ4v) is 5.42. The highest BCUT2D eigenvalue weighted by Gasteiger charge is 2.44. The number of nitrogens with zero attached hydrogens (tertiary/aromatic N) is 2. The van der Waals surface area contributed by atoms with E-state index in [1.165, 1.54) is 16.7 Å². The van der Waals surface area contributed by atoms with Gasteiger partial charge in [-0.3, -0.25) is 9.36 Å². The Labute approximate surface area is 171 Å². The van der Waals surface area contributed by atoms with Gasteiger partial charge in [-0.25, -0.2) is 13.6 Å². The van der Waals surface area contributed by atoms with E-state index in [2.05, 4.69) is 0 Å². The Morgan fingerprint density at radius 1 is 1.30 bits per heavy atom. The van der Waals surface area contributed by atoms with Gasteiger partial charge in [0, 0.05) is 24.5 Å². The summed E-state index contributed by atoms with van der Waals surface area (Å²) >= 11 is 0. The number of aromatic carboxylic acids is 1. The summed E-state index contributed by atoms with van der Waals surface area (Å²) in [6.45, 7) is 2.83. The highest BCUT2D eigenvalue weighted by molar-refractivity contribution is 5.97. The predicted molar refractivity (Wildman–Crippen MR) is 107 cm³/mol. The van der Waals surface area contributed by atoms with E-state index in [0.717, 1.165) is 0 Å². The Hall–Kier alpha value is -2.68. The molecule has 3 N–H and O–H groups in total. The number of pyridine rings is 1. The molecule has 5 atom stereocenters. The van der Waals surface area contributed by atoms with Crippen LogP contribution in [0, 0.1) is 17.7 Å². The van der Waals surface area contributed by atoms with Gasteiger partial charge in [0.05, 0.1) is 11.6 Å². The second-order valence-electron chi connectivity index (χ2n) is 8.73. The summed E-state index contributed by atoms with van der Waals surface area (Å²) in [5.41, 5.74) is 5.77. The number of halogens is 2. The van der Waals surface area contributed by atoms with Gasteiger partial charge in [-0.15, -0.1) is 0 Å². The number of carboxylic acid groups (broad SMARTS) is 1. The van der Waals surface area contributed by atoms with Gasteiger partial charge in [0.15, 0.2) is 11.6 Å². The van der Waals surface area contributed by atoms with Crippen LogP contribution in [0.3, 0.4) is 0 Å². The molecule has 0 radical (unpaired) electrons. The van der Waals surface area contributed by atoms with E-state index in [1.54, 1.807) is 6.92 Å². The number of hydrogen-bond donors (Lipinski definition) is 2. The quantitative estimate of drug-likeness (QED) is 0.775. The number of ether oxygens (including phenoxy) is 1. The Bertz CT molecular complexity index is 1120. The molecule has 1 aromatic carbocycles. The molecule has 3 aliphatic rings. The maximum atomic E-state index is 15.3. The second kappa shape index (κ2) is 6.66. The maximum absolute atomic E-state index is 15.3. The first kappa shape index (κ1) is 19.3. The largest absolute Gasteiger partial charge is 0.487 e. The van der Waals surface area contributed by atoms with Crippen molar-refractivity contribution in [3.63, 3.8) is 0 Å². The minimum Gasteiger partial charge on any atom is -0.487 e. The molecule has 5 rings (SSSR count). The Kier molecular flexibility index (Phi) is 4.29. The van der Waals surface area contributed by atoms with Crippen LogP contribution in [0.15, 0.2) is 16.9 Å². The Balaban J connectivity index is 1.68. The van der Waals surface area contributed by atoms with E-state index in [1.807, 2.05) is 4.90 Å². The van der Waals surface area contributed by atoms with Gasteiger partial charge in [-0.1, -0.05) is 0 Å². The standard InChI is InChI=1S/C21H23F2N3O4/c1-9-8-30-19-17-10(3-13(21(28)29)20(27)26(9)17)4-15(23)18(19)25-6-11-2-12(22)5-16(24)14(11)7-25/h3-4,9,11-12,14,16H,2,5-8,24H2,1H3,(H,28,29)/t9-,11+,12-,14-,16+/m0/s1. The van der Waals surface area contributed by atoms with E-state index in [4.69, 9.17) is 10.5 Å². The summed E-state index contributed by atoms with van der Waals surface area (Å²) in [6.07, 6.45) is -0.227. The number of carboxylic acids is 1. The van der Waals surface area contributed by atoms with Gasteiger partial charge in [0.25, 0.3) is 5.56 Å². The number of aromatic nitrogens is 1. The minimum atomic E-state index is -1.35. The smallest absolute Gasteiger partial charge is 0.341 e. The topological polar surface area (TPSA) is 97.8 Å². The van der Waals surface area contributed by atoms with Gasteiger partial charge in [0.2, 0.25) is 0 Å². The molecule has 0 unspecified atom stereocenters. The molecule has 1 saturated heterocycles. The van der Waals surface area contributed by atoms with Crippen molar-refractivity contribution in [2.24, 2.45) is 17.6 Å². The van der Waals surface area contributed by atoms with Crippen LogP contribution < -0.4 is 20.9 Å². The summed E-state index contributed by atoms with van der Waals surface area (Å²) < 4.78 is 36.6. The highest BCUT2D eigenvalue weighted by Crippen LogP contribution is 2.46. The van der Waals surface area contributed by atoms with Gasteiger partial charge in [-0.2, -0.15) is 0 Å². The van der Waals surface area contributed by atoms with Crippen LogP contribution in [-0.4, -0.2) is 47.6 Å². The molecule has 30 heavy (non-hydrogen) atoms. The third kappa shape index (κ3) is 2.71. The van der Waals surface area contributed by atoms with Crippen LogP contribution in [0.1, 0.15) is 36.2 Å². The lowest BCUT2D eigenvalue weighted by atomic mass is 9.78. The van der Waals surface area contributed by atoms with Crippen molar-refractivity contribution in [3.8, 4) is 5.75 Å². The molecule has 2 aliphatic heterocycles. The maximum Gasteiger partial charge on any atom is 0.341 e. The number of fused-ring (bicyclic) bond motifs is 1. The Morgan fingerprint density at radius 2 is 2.07 bits per heavy atom. The minimum absolute atomic E-state index is 0.0325. The lowest BCUT2D eigenvalue weighted by Gasteiger charge is -2.32. The first-order chi connectivity index (χ1) is 14.3. The summed E-state index contributed by atoms with van der Waals surface area (Å²) in [7, 11) is 0. The van der Waals surface area contributed by atoms with Crippen molar-refractivity contribution in [1.82, 2.24) is 4.57 Å². The van der Waals surface area contributed by atoms with Crippen molar-refractivity contribution in [1.29, 1.82) is 0 Å². The molecule has 7 nitrogen and oxygen atoms in total. The second-order valence-corrected chi connectivity index (χ2v) is 8.73. The number of carbonyl (C=O) groups is 1. The number of hydrogen-bond acceptors (Lipinski definition) is 5. The average molecular weight is 419 g/mol. The summed E-state index contributed by atoms with van der Waals surface area (Å²) in [6, 6.07) is 1.77. The first-order valence-corrected chi connectivity index (χ1v) is 10.2. The van der Waals surface area contributed by atoms with Gasteiger partial charge < -0.3 is 20.5 Å². The zero-order valence-corrected chi connectivity index (χ0v) is 16.5. The lowest BCUT2D eigenvalue weighted by Crippen LogP contribution is -2.42. The third-order valence-corrected chi connectivity index (χ3v) is 6.79. The normalized spacial score (nSPS) is 30.3. The SMILES string of the molecule is C[C@H]1COc2c(N3C[C@H]4C[C@H](F)C[C@@H](N)[C@H]4C3)c(F)cc3cc(C(=O)O)c(=O)n1c23. The predicted octanol–water partition coefficient (Wildman–Crippen LogP) is 2.30. The molecule has 0 bridgehead atoms. The van der Waals surface area contributed by atoms with Crippen LogP contribution >= 0.6 is 0 Å². The molecule has 2 aromatic rings. The molecule has 160 valence electrons. The van der Waals surface area contributed by atoms with Crippen molar-refractivity contribution >= 4 is 22.6 Å². The van der Waals surface area contributed by atoms with Crippen molar-refractivity contribution in [2.75, 3.05) is 24.6 Å². The van der Waals surface area contributed by atoms with Crippen molar-refractivity contribution < 1.29 is 23.4 Å². The fourth-order valence-electron chi connectivity index (χ4n) is 5.42. The molecular weight excluding hydrogens is 396 g/mol. The van der Waals surface area contributed by atoms with Gasteiger partial charge >= 0.3 is 5.97 Å². The molecule has 9 heteroatoms. The van der Waals surface area contributed by atoms with Crippen LogP contribution in [0.2, 0.25) is 0 Å². The molecule has 1 aliphatic carbocycles. The zero-order chi connectivity index (χ0) is 21.3. The van der Waals surface area contributed by atoms with Gasteiger partial charge in [-0.05, 0) is 43.7 Å². The molecule has 0 spiro atoms. The monoisotopic (exact) mass is 419 g/mol. The summed E-state index contributed by atoms with van der Waals surface area (Å²) in [4.78, 5) is 26.2. The number of alkyl halides is 1. The van der Waals surface area contributed by atoms with Crippen molar-refractivity contribution in [2.45, 2.75) is 38.0 Å². The van der Waals surface area contributed by atoms with Gasteiger partial charge in [0.1, 0.15) is 24.0 Å². The van der Waals surface area contributed by atoms with E-state index in [0.29, 0.717) is 36.8 Å². The molecule has 2 fully saturated rings. The van der Waals surface area contributed by atoms with Crippen LogP contribution in [-0.2, 0) is 0 Å². The molecular formula is C21H23F2N3O4. The molecule has 0 amide bonds.